The molecule has 0 bridgehead atoms. The summed E-state index contributed by atoms with van der Waals surface area (Å²) in [5.74, 6) is -1.22. The molecule has 1 rings (SSSR count). The molecule has 2 unspecified atom stereocenters. The van der Waals surface area contributed by atoms with Crippen LogP contribution in [0.15, 0.2) is 30.3 Å². The number of benzene rings is 1. The lowest BCUT2D eigenvalue weighted by Crippen LogP contribution is -1.89. The molecule has 0 fully saturated rings. The van der Waals surface area contributed by atoms with Gasteiger partial charge >= 0.3 is 0 Å². The van der Waals surface area contributed by atoms with Gasteiger partial charge in [-0.2, -0.15) is 0 Å². The first-order valence-electron chi connectivity index (χ1n) is 3.17. The predicted molar refractivity (Wildman–Crippen MR) is 52.7 cm³/mol. The van der Waals surface area contributed by atoms with E-state index in [0.717, 1.165) is 0 Å². The fraction of sp³-hybridized carbons (Fsp3) is 0.143. The summed E-state index contributed by atoms with van der Waals surface area (Å²) in [5.41, 5.74) is 0.485. The lowest BCUT2D eigenvalue weighted by molar-refractivity contribution is 0.243. The number of aliphatic hydroxyl groups is 1. The molecule has 0 saturated carbocycles. The molecule has 0 saturated heterocycles. The van der Waals surface area contributed by atoms with Crippen molar-refractivity contribution in [1.82, 2.24) is 12.3 Å². The minimum atomic E-state index is -2.86. The van der Waals surface area contributed by atoms with Crippen LogP contribution < -0.4 is 12.3 Å². The maximum Gasteiger partial charge on any atom is 0.221 e. The standard InChI is InChI=1S/C7H9O3P.2H3N/c8-7(11(9)10)6-4-2-1-3-5-6;;/h1-5,7-8,11H,(H,9,10);2*1H3. The van der Waals surface area contributed by atoms with E-state index in [0.29, 0.717) is 5.56 Å². The Bertz CT molecular complexity index is 255. The van der Waals surface area contributed by atoms with Crippen molar-refractivity contribution < 1.29 is 14.6 Å². The average Bonchev–Trinajstić information content (AvgIpc) is 2.05. The maximum atomic E-state index is 10.4. The SMILES string of the molecule is N.N.O=[PH](O)C(O)c1ccccc1. The van der Waals surface area contributed by atoms with Crippen LogP contribution in [0.3, 0.4) is 0 Å². The van der Waals surface area contributed by atoms with Gasteiger partial charge in [0, 0.05) is 0 Å². The summed E-state index contributed by atoms with van der Waals surface area (Å²) < 4.78 is 10.4. The monoisotopic (exact) mass is 206 g/mol. The van der Waals surface area contributed by atoms with Gasteiger partial charge in [-0.3, -0.25) is 4.57 Å². The molecule has 0 amide bonds. The molecule has 1 aromatic rings. The highest BCUT2D eigenvalue weighted by Gasteiger charge is 2.10. The van der Waals surface area contributed by atoms with Crippen LogP contribution in [0.2, 0.25) is 0 Å². The van der Waals surface area contributed by atoms with Crippen LogP contribution in [-0.4, -0.2) is 10.00 Å². The van der Waals surface area contributed by atoms with Gasteiger partial charge in [0.2, 0.25) is 8.03 Å². The van der Waals surface area contributed by atoms with E-state index in [4.69, 9.17) is 10.00 Å². The molecular formula is C7H15N2O3P. The van der Waals surface area contributed by atoms with E-state index >= 15 is 0 Å². The zero-order valence-corrected chi connectivity index (χ0v) is 8.18. The van der Waals surface area contributed by atoms with Gasteiger partial charge in [0.15, 0.2) is 5.85 Å². The lowest BCUT2D eigenvalue weighted by atomic mass is 10.2. The number of hydrogen-bond donors (Lipinski definition) is 4. The van der Waals surface area contributed by atoms with Gasteiger partial charge in [0.05, 0.1) is 0 Å². The molecule has 0 aliphatic rings. The normalized spacial score (nSPS) is 13.4. The van der Waals surface area contributed by atoms with Crippen LogP contribution in [-0.2, 0) is 4.57 Å². The van der Waals surface area contributed by atoms with Crippen LogP contribution in [0.5, 0.6) is 0 Å². The summed E-state index contributed by atoms with van der Waals surface area (Å²) in [5, 5.41) is 9.08. The summed E-state index contributed by atoms with van der Waals surface area (Å²) in [6, 6.07) is 8.43. The van der Waals surface area contributed by atoms with Crippen molar-refractivity contribution in [2.75, 3.05) is 0 Å². The summed E-state index contributed by atoms with van der Waals surface area (Å²) >= 11 is 0. The second-order valence-electron chi connectivity index (χ2n) is 2.15. The Morgan fingerprint density at radius 3 is 2.00 bits per heavy atom. The lowest BCUT2D eigenvalue weighted by Gasteiger charge is -2.04. The first-order valence-corrected chi connectivity index (χ1v) is 4.61. The Balaban J connectivity index is 0. The third-order valence-electron chi connectivity index (χ3n) is 1.35. The Morgan fingerprint density at radius 2 is 1.62 bits per heavy atom. The third-order valence-corrected chi connectivity index (χ3v) is 2.15. The third kappa shape index (κ3) is 4.17. The van der Waals surface area contributed by atoms with Crippen LogP contribution in [0, 0.1) is 0 Å². The molecule has 0 aliphatic carbocycles. The van der Waals surface area contributed by atoms with E-state index in [9.17, 15) is 4.57 Å². The predicted octanol–water partition coefficient (Wildman–Crippen LogP) is 1.47. The molecule has 0 spiro atoms. The fourth-order valence-corrected chi connectivity index (χ4v) is 1.26. The molecular weight excluding hydrogens is 191 g/mol. The molecule has 2 atom stereocenters. The molecule has 76 valence electrons. The van der Waals surface area contributed by atoms with Crippen LogP contribution in [0.25, 0.3) is 0 Å². The zero-order valence-electron chi connectivity index (χ0n) is 7.18. The van der Waals surface area contributed by atoms with Crippen molar-refractivity contribution in [1.29, 1.82) is 0 Å². The maximum absolute atomic E-state index is 10.4. The number of aliphatic hydroxyl groups excluding tert-OH is 1. The second-order valence-corrected chi connectivity index (χ2v) is 3.37. The Kier molecular flexibility index (Phi) is 7.70. The largest absolute Gasteiger partial charge is 0.378 e. The minimum absolute atomic E-state index is 0. The van der Waals surface area contributed by atoms with Gasteiger partial charge in [-0.25, -0.2) is 0 Å². The van der Waals surface area contributed by atoms with Crippen LogP contribution in [0.1, 0.15) is 11.4 Å². The van der Waals surface area contributed by atoms with Gasteiger partial charge in [0.25, 0.3) is 0 Å². The number of rotatable bonds is 2. The van der Waals surface area contributed by atoms with Crippen molar-refractivity contribution in [2.45, 2.75) is 5.85 Å². The zero-order chi connectivity index (χ0) is 8.27. The van der Waals surface area contributed by atoms with Crippen LogP contribution in [0.4, 0.5) is 0 Å². The first-order chi connectivity index (χ1) is 5.22. The highest BCUT2D eigenvalue weighted by atomic mass is 31.1. The first kappa shape index (κ1) is 14.8. The van der Waals surface area contributed by atoms with Gasteiger partial charge in [-0.05, 0) is 5.56 Å². The van der Waals surface area contributed by atoms with Crippen molar-refractivity contribution in [3.05, 3.63) is 35.9 Å². The molecule has 6 heteroatoms. The van der Waals surface area contributed by atoms with Gasteiger partial charge < -0.3 is 22.3 Å². The van der Waals surface area contributed by atoms with Gasteiger partial charge in [0.1, 0.15) is 0 Å². The summed E-state index contributed by atoms with van der Waals surface area (Å²) in [7, 11) is -2.86. The van der Waals surface area contributed by atoms with Crippen LogP contribution >= 0.6 is 8.03 Å². The van der Waals surface area contributed by atoms with E-state index in [-0.39, 0.29) is 12.3 Å². The quantitative estimate of drug-likeness (QED) is 0.544. The molecule has 0 heterocycles. The highest BCUT2D eigenvalue weighted by molar-refractivity contribution is 7.38. The summed E-state index contributed by atoms with van der Waals surface area (Å²) in [6.07, 6.45) is 0. The fourth-order valence-electron chi connectivity index (χ4n) is 0.778. The molecule has 0 aromatic heterocycles. The van der Waals surface area contributed by atoms with Gasteiger partial charge in [-0.1, -0.05) is 30.3 Å². The van der Waals surface area contributed by atoms with E-state index in [1.54, 1.807) is 30.3 Å². The molecule has 8 N–H and O–H groups in total. The van der Waals surface area contributed by atoms with Crippen molar-refractivity contribution in [3.63, 3.8) is 0 Å². The van der Waals surface area contributed by atoms with E-state index in [2.05, 4.69) is 0 Å². The molecule has 13 heavy (non-hydrogen) atoms. The van der Waals surface area contributed by atoms with Crippen molar-refractivity contribution in [3.8, 4) is 0 Å². The Hall–Kier alpha value is -0.710. The second kappa shape index (κ2) is 6.77. The van der Waals surface area contributed by atoms with Crippen molar-refractivity contribution >= 4 is 8.03 Å². The Labute approximate surface area is 77.4 Å². The molecule has 5 nitrogen and oxygen atoms in total. The molecule has 0 aliphatic heterocycles. The van der Waals surface area contributed by atoms with E-state index in [1.165, 1.54) is 0 Å². The topological polar surface area (TPSA) is 128 Å². The highest BCUT2D eigenvalue weighted by Crippen LogP contribution is 2.34. The Morgan fingerprint density at radius 1 is 1.15 bits per heavy atom. The summed E-state index contributed by atoms with van der Waals surface area (Å²) in [4.78, 5) is 8.57. The van der Waals surface area contributed by atoms with E-state index in [1.807, 2.05) is 0 Å². The molecule has 1 aromatic carbocycles. The smallest absolute Gasteiger partial charge is 0.221 e. The van der Waals surface area contributed by atoms with Crippen molar-refractivity contribution in [2.24, 2.45) is 0 Å². The molecule has 0 radical (unpaired) electrons. The average molecular weight is 206 g/mol. The number of hydrogen-bond acceptors (Lipinski definition) is 4. The summed E-state index contributed by atoms with van der Waals surface area (Å²) in [6.45, 7) is 0. The minimum Gasteiger partial charge on any atom is -0.378 e. The van der Waals surface area contributed by atoms with Gasteiger partial charge in [-0.15, -0.1) is 0 Å². The van der Waals surface area contributed by atoms with E-state index < -0.39 is 13.9 Å².